The van der Waals surface area contributed by atoms with Crippen molar-refractivity contribution in [3.63, 3.8) is 0 Å². The quantitative estimate of drug-likeness (QED) is 0.859. The molecule has 0 saturated carbocycles. The number of rotatable bonds is 3. The summed E-state index contributed by atoms with van der Waals surface area (Å²) in [5, 5.41) is 9.90. The van der Waals surface area contributed by atoms with E-state index in [4.69, 9.17) is 0 Å². The fourth-order valence-electron chi connectivity index (χ4n) is 2.74. The monoisotopic (exact) mass is 379 g/mol. The average molecular weight is 379 g/mol. The summed E-state index contributed by atoms with van der Waals surface area (Å²) in [6.07, 6.45) is -4.29. The molecule has 7 nitrogen and oxygen atoms in total. The third-order valence-corrected chi connectivity index (χ3v) is 4.10. The van der Waals surface area contributed by atoms with Gasteiger partial charge in [0.1, 0.15) is 5.69 Å². The lowest BCUT2D eigenvalue weighted by Crippen LogP contribution is -2.31. The summed E-state index contributed by atoms with van der Waals surface area (Å²) in [5.74, 6) is -0.900. The Morgan fingerprint density at radius 1 is 1.30 bits per heavy atom. The molecule has 27 heavy (non-hydrogen) atoms. The maximum absolute atomic E-state index is 12.7. The van der Waals surface area contributed by atoms with Crippen molar-refractivity contribution in [1.82, 2.24) is 15.2 Å². The first-order chi connectivity index (χ1) is 12.6. The van der Waals surface area contributed by atoms with E-state index < -0.39 is 17.8 Å². The van der Waals surface area contributed by atoms with Gasteiger partial charge < -0.3 is 5.32 Å². The first kappa shape index (κ1) is 18.6. The van der Waals surface area contributed by atoms with E-state index >= 15 is 0 Å². The molecule has 0 fully saturated rings. The van der Waals surface area contributed by atoms with Gasteiger partial charge >= 0.3 is 6.18 Å². The Bertz CT molecular complexity index is 916. The summed E-state index contributed by atoms with van der Waals surface area (Å²) in [5.41, 5.74) is 2.99. The zero-order valence-electron chi connectivity index (χ0n) is 14.5. The van der Waals surface area contributed by atoms with E-state index in [1.54, 1.807) is 24.3 Å². The van der Waals surface area contributed by atoms with Gasteiger partial charge in [-0.25, -0.2) is 5.43 Å². The van der Waals surface area contributed by atoms with Crippen LogP contribution in [0.3, 0.4) is 0 Å². The molecular formula is C17H16F3N5O2. The molecule has 0 aliphatic carbocycles. The molecule has 1 aromatic carbocycles. The number of halogens is 3. The lowest BCUT2D eigenvalue weighted by atomic mass is 9.94. The SMILES string of the molecule is CC1CC(=O)NN=C1c1ccc(NC(=O)c2cc(C(F)(F)F)nn2C)cc1. The largest absolute Gasteiger partial charge is 0.435 e. The summed E-state index contributed by atoms with van der Waals surface area (Å²) in [7, 11) is 1.27. The highest BCUT2D eigenvalue weighted by Crippen LogP contribution is 2.28. The van der Waals surface area contributed by atoms with Crippen LogP contribution in [0.15, 0.2) is 35.4 Å². The predicted molar refractivity (Wildman–Crippen MR) is 91.1 cm³/mol. The number of nitrogens with zero attached hydrogens (tertiary/aromatic N) is 3. The van der Waals surface area contributed by atoms with Gasteiger partial charge in [0, 0.05) is 31.1 Å². The Morgan fingerprint density at radius 2 is 1.96 bits per heavy atom. The Balaban J connectivity index is 1.74. The minimum absolute atomic E-state index is 0.0468. The van der Waals surface area contributed by atoms with Crippen LogP contribution < -0.4 is 10.7 Å². The van der Waals surface area contributed by atoms with Crippen LogP contribution in [0.5, 0.6) is 0 Å². The normalized spacial score (nSPS) is 17.3. The van der Waals surface area contributed by atoms with Gasteiger partial charge in [0.25, 0.3) is 5.91 Å². The molecule has 0 radical (unpaired) electrons. The number of benzene rings is 1. The molecule has 2 heterocycles. The van der Waals surface area contributed by atoms with Crippen LogP contribution in [-0.2, 0) is 18.0 Å². The van der Waals surface area contributed by atoms with Crippen molar-refractivity contribution in [3.05, 3.63) is 47.3 Å². The number of amides is 2. The minimum Gasteiger partial charge on any atom is -0.321 e. The van der Waals surface area contributed by atoms with Crippen molar-refractivity contribution >= 4 is 23.2 Å². The number of aryl methyl sites for hydroxylation is 1. The average Bonchev–Trinajstić information content (AvgIpc) is 2.98. The molecule has 1 unspecified atom stereocenters. The highest BCUT2D eigenvalue weighted by atomic mass is 19.4. The number of aromatic nitrogens is 2. The van der Waals surface area contributed by atoms with Crippen LogP contribution >= 0.6 is 0 Å². The fraction of sp³-hybridized carbons (Fsp3) is 0.294. The number of carbonyl (C=O) groups is 2. The van der Waals surface area contributed by atoms with Crippen LogP contribution in [0, 0.1) is 5.92 Å². The van der Waals surface area contributed by atoms with Crippen molar-refractivity contribution in [2.24, 2.45) is 18.1 Å². The molecule has 1 aliphatic rings. The summed E-state index contributed by atoms with van der Waals surface area (Å²) < 4.78 is 39.0. The van der Waals surface area contributed by atoms with Crippen LogP contribution in [0.25, 0.3) is 0 Å². The van der Waals surface area contributed by atoms with Crippen LogP contribution in [0.2, 0.25) is 0 Å². The van der Waals surface area contributed by atoms with Gasteiger partial charge in [0.2, 0.25) is 5.91 Å². The Labute approximate surface area is 152 Å². The van der Waals surface area contributed by atoms with Gasteiger partial charge in [-0.15, -0.1) is 0 Å². The van der Waals surface area contributed by atoms with Gasteiger partial charge in [0.05, 0.1) is 5.71 Å². The van der Waals surface area contributed by atoms with Gasteiger partial charge in [-0.3, -0.25) is 14.3 Å². The number of carbonyl (C=O) groups excluding carboxylic acids is 2. The van der Waals surface area contributed by atoms with Crippen molar-refractivity contribution in [3.8, 4) is 0 Å². The van der Waals surface area contributed by atoms with Crippen LogP contribution in [0.1, 0.15) is 35.1 Å². The first-order valence-corrected chi connectivity index (χ1v) is 8.04. The van der Waals surface area contributed by atoms with Gasteiger partial charge in [0.15, 0.2) is 5.69 Å². The molecule has 1 atom stereocenters. The summed E-state index contributed by atoms with van der Waals surface area (Å²) in [6, 6.07) is 7.35. The van der Waals surface area contributed by atoms with E-state index in [1.165, 1.54) is 7.05 Å². The molecule has 1 aromatic heterocycles. The number of hydrogen-bond donors (Lipinski definition) is 2. The van der Waals surface area contributed by atoms with Crippen molar-refractivity contribution < 1.29 is 22.8 Å². The molecule has 3 rings (SSSR count). The summed E-state index contributed by atoms with van der Waals surface area (Å²) in [6.45, 7) is 1.88. The minimum atomic E-state index is -4.62. The molecule has 0 spiro atoms. The molecule has 2 aromatic rings. The van der Waals surface area contributed by atoms with Crippen molar-refractivity contribution in [2.75, 3.05) is 5.32 Å². The molecule has 0 bridgehead atoms. The van der Waals surface area contributed by atoms with E-state index in [2.05, 4.69) is 20.9 Å². The maximum Gasteiger partial charge on any atom is 0.435 e. The second-order valence-corrected chi connectivity index (χ2v) is 6.20. The smallest absolute Gasteiger partial charge is 0.321 e. The maximum atomic E-state index is 12.7. The molecule has 2 amide bonds. The molecule has 0 saturated heterocycles. The summed E-state index contributed by atoms with van der Waals surface area (Å²) >= 11 is 0. The van der Waals surface area contributed by atoms with Gasteiger partial charge in [-0.05, 0) is 17.7 Å². The number of hydrogen-bond acceptors (Lipinski definition) is 4. The second kappa shape index (κ2) is 6.86. The third kappa shape index (κ3) is 3.99. The number of alkyl halides is 3. The van der Waals surface area contributed by atoms with E-state index in [1.807, 2.05) is 6.92 Å². The van der Waals surface area contributed by atoms with E-state index in [-0.39, 0.29) is 17.5 Å². The molecule has 142 valence electrons. The Morgan fingerprint density at radius 3 is 2.52 bits per heavy atom. The van der Waals surface area contributed by atoms with E-state index in [0.29, 0.717) is 23.9 Å². The van der Waals surface area contributed by atoms with Gasteiger partial charge in [-0.2, -0.15) is 23.4 Å². The lowest BCUT2D eigenvalue weighted by molar-refractivity contribution is -0.141. The number of anilines is 1. The van der Waals surface area contributed by atoms with E-state index in [0.717, 1.165) is 10.2 Å². The zero-order chi connectivity index (χ0) is 19.8. The lowest BCUT2D eigenvalue weighted by Gasteiger charge is -2.19. The number of nitrogens with one attached hydrogen (secondary N) is 2. The Hall–Kier alpha value is -3.17. The van der Waals surface area contributed by atoms with Crippen molar-refractivity contribution in [2.45, 2.75) is 19.5 Å². The predicted octanol–water partition coefficient (Wildman–Crippen LogP) is 2.55. The Kier molecular flexibility index (Phi) is 4.73. The van der Waals surface area contributed by atoms with Crippen LogP contribution in [-0.4, -0.2) is 27.3 Å². The molecular weight excluding hydrogens is 363 g/mol. The molecule has 2 N–H and O–H groups in total. The third-order valence-electron chi connectivity index (χ3n) is 4.10. The van der Waals surface area contributed by atoms with Crippen molar-refractivity contribution in [1.29, 1.82) is 0 Å². The van der Waals surface area contributed by atoms with Gasteiger partial charge in [-0.1, -0.05) is 19.1 Å². The number of hydrazone groups is 1. The first-order valence-electron chi connectivity index (χ1n) is 8.04. The topological polar surface area (TPSA) is 88.4 Å². The van der Waals surface area contributed by atoms with E-state index in [9.17, 15) is 22.8 Å². The highest BCUT2D eigenvalue weighted by Gasteiger charge is 2.35. The fourth-order valence-corrected chi connectivity index (χ4v) is 2.74. The van der Waals surface area contributed by atoms with Crippen LogP contribution in [0.4, 0.5) is 18.9 Å². The molecule has 1 aliphatic heterocycles. The highest BCUT2D eigenvalue weighted by molar-refractivity contribution is 6.06. The zero-order valence-corrected chi connectivity index (χ0v) is 14.5. The summed E-state index contributed by atoms with van der Waals surface area (Å²) in [4.78, 5) is 23.5. The molecule has 10 heteroatoms. The second-order valence-electron chi connectivity index (χ2n) is 6.20. The standard InChI is InChI=1S/C17H16F3N5O2/c1-9-7-14(26)22-23-15(9)10-3-5-11(6-4-10)21-16(27)12-8-13(17(18,19)20)24-25(12)2/h3-6,8-9H,7H2,1-2H3,(H,21,27)(H,22,26).